The van der Waals surface area contributed by atoms with E-state index in [1.165, 1.54) is 66.8 Å². The van der Waals surface area contributed by atoms with Crippen LogP contribution in [-0.2, 0) is 44.6 Å². The zero-order chi connectivity index (χ0) is 37.6. The van der Waals surface area contributed by atoms with Crippen LogP contribution < -0.4 is 0 Å². The number of allylic oxidation sites excluding steroid dienone is 2. The second-order valence-electron chi connectivity index (χ2n) is 20.0. The first kappa shape index (κ1) is 38.0. The van der Waals surface area contributed by atoms with Gasteiger partial charge >= 0.3 is 325 Å². The van der Waals surface area contributed by atoms with E-state index in [0.717, 1.165) is 0 Å². The molecular formula is C50H62Hf. The standard InChI is InChI=1S/2C25H31.Hf/c2*1-16-9-18-11-20(12-19(18)10-17(16)2)21-13-22(24(3,4)5)15-23(14-21)25(6,7)8;/h2*9-15H,1-8H3;. The Morgan fingerprint density at radius 1 is 0.373 bits per heavy atom. The van der Waals surface area contributed by atoms with Crippen LogP contribution in [0.5, 0.6) is 0 Å². The quantitative estimate of drug-likeness (QED) is 0.180. The minimum atomic E-state index is -1.56. The van der Waals surface area contributed by atoms with Crippen molar-refractivity contribution in [1.82, 2.24) is 0 Å². The number of hydrogen-bond donors (Lipinski definition) is 0. The topological polar surface area (TPSA) is 0 Å². The number of fused-ring (bicyclic) bond motifs is 2. The van der Waals surface area contributed by atoms with Crippen LogP contribution in [0.4, 0.5) is 0 Å². The van der Waals surface area contributed by atoms with E-state index in [-0.39, 0.29) is 21.7 Å². The van der Waals surface area contributed by atoms with E-state index in [4.69, 9.17) is 0 Å². The van der Waals surface area contributed by atoms with Gasteiger partial charge in [-0.15, -0.1) is 0 Å². The molecule has 266 valence electrons. The molecule has 2 atom stereocenters. The third-order valence-corrected chi connectivity index (χ3v) is 18.5. The van der Waals surface area contributed by atoms with E-state index in [9.17, 15) is 0 Å². The van der Waals surface area contributed by atoms with Crippen molar-refractivity contribution in [3.8, 4) is 0 Å². The van der Waals surface area contributed by atoms with E-state index in [1.54, 1.807) is 22.3 Å². The van der Waals surface area contributed by atoms with Gasteiger partial charge in [-0.2, -0.15) is 0 Å². The molecule has 0 spiro atoms. The molecule has 2 aliphatic rings. The molecule has 51 heavy (non-hydrogen) atoms. The van der Waals surface area contributed by atoms with Crippen molar-refractivity contribution < 1.29 is 22.9 Å². The van der Waals surface area contributed by atoms with Crippen molar-refractivity contribution in [3.63, 3.8) is 0 Å². The van der Waals surface area contributed by atoms with Crippen LogP contribution in [-0.4, -0.2) is 0 Å². The Morgan fingerprint density at radius 3 is 0.922 bits per heavy atom. The Hall–Kier alpha value is -2.77. The van der Waals surface area contributed by atoms with Gasteiger partial charge in [0.05, 0.1) is 0 Å². The number of benzene rings is 4. The van der Waals surface area contributed by atoms with Crippen LogP contribution in [0.1, 0.15) is 168 Å². The normalized spacial score (nSPS) is 17.6. The van der Waals surface area contributed by atoms with E-state index < -0.39 is 22.9 Å². The average molecular weight is 842 g/mol. The van der Waals surface area contributed by atoms with Crippen molar-refractivity contribution in [2.24, 2.45) is 0 Å². The molecule has 0 aliphatic heterocycles. The third-order valence-electron chi connectivity index (χ3n) is 11.6. The van der Waals surface area contributed by atoms with Crippen LogP contribution in [0.25, 0.3) is 23.3 Å². The maximum atomic E-state index is 2.59. The zero-order valence-electron chi connectivity index (χ0n) is 34.6. The summed E-state index contributed by atoms with van der Waals surface area (Å²) in [5, 5.41) is 0. The second kappa shape index (κ2) is 13.0. The summed E-state index contributed by atoms with van der Waals surface area (Å²) in [6, 6.07) is 25.2. The zero-order valence-corrected chi connectivity index (χ0v) is 38.2. The predicted octanol–water partition coefficient (Wildman–Crippen LogP) is 14.1. The van der Waals surface area contributed by atoms with Crippen molar-refractivity contribution >= 4 is 23.3 Å². The van der Waals surface area contributed by atoms with Gasteiger partial charge in [0.2, 0.25) is 0 Å². The van der Waals surface area contributed by atoms with E-state index in [0.29, 0.717) is 7.35 Å². The molecule has 0 nitrogen and oxygen atoms in total. The van der Waals surface area contributed by atoms with Crippen molar-refractivity contribution in [2.75, 3.05) is 0 Å². The summed E-state index contributed by atoms with van der Waals surface area (Å²) in [5.74, 6) is 0. The van der Waals surface area contributed by atoms with E-state index >= 15 is 0 Å². The Labute approximate surface area is 322 Å². The van der Waals surface area contributed by atoms with Gasteiger partial charge in [0.15, 0.2) is 0 Å². The molecule has 6 rings (SSSR count). The van der Waals surface area contributed by atoms with Crippen LogP contribution in [0, 0.1) is 27.7 Å². The fourth-order valence-electron chi connectivity index (χ4n) is 7.65. The Bertz CT molecular complexity index is 1870. The fourth-order valence-corrected chi connectivity index (χ4v) is 15.0. The maximum absolute atomic E-state index is 2.59. The summed E-state index contributed by atoms with van der Waals surface area (Å²) in [4.78, 5) is 0. The van der Waals surface area contributed by atoms with Gasteiger partial charge in [-0.05, 0) is 0 Å². The van der Waals surface area contributed by atoms with Crippen molar-refractivity contribution in [2.45, 2.75) is 140 Å². The number of hydrogen-bond acceptors (Lipinski definition) is 0. The van der Waals surface area contributed by atoms with Crippen molar-refractivity contribution in [1.29, 1.82) is 0 Å². The molecule has 2 aliphatic carbocycles. The molecule has 2 unspecified atom stereocenters. The van der Waals surface area contributed by atoms with Crippen molar-refractivity contribution in [3.05, 3.63) is 139 Å². The first-order valence-electron chi connectivity index (χ1n) is 19.2. The van der Waals surface area contributed by atoms with Gasteiger partial charge in [0.1, 0.15) is 0 Å². The summed E-state index contributed by atoms with van der Waals surface area (Å²) < 4.78 is 0.965. The number of rotatable bonds is 4. The first-order valence-corrected chi connectivity index (χ1v) is 23.3. The van der Waals surface area contributed by atoms with Gasteiger partial charge in [0, 0.05) is 0 Å². The van der Waals surface area contributed by atoms with Gasteiger partial charge in [-0.1, -0.05) is 0 Å². The summed E-state index contributed by atoms with van der Waals surface area (Å²) in [6.45, 7) is 37.6. The second-order valence-corrected chi connectivity index (χ2v) is 25.3. The Balaban J connectivity index is 1.57. The predicted molar refractivity (Wildman–Crippen MR) is 221 cm³/mol. The molecule has 0 bridgehead atoms. The van der Waals surface area contributed by atoms with Crippen LogP contribution in [0.3, 0.4) is 0 Å². The molecule has 0 aromatic heterocycles. The Morgan fingerprint density at radius 2 is 0.647 bits per heavy atom. The third kappa shape index (κ3) is 7.54. The van der Waals surface area contributed by atoms with Gasteiger partial charge < -0.3 is 0 Å². The van der Waals surface area contributed by atoms with Gasteiger partial charge in [-0.3, -0.25) is 0 Å². The molecule has 0 amide bonds. The molecule has 4 aromatic rings. The van der Waals surface area contributed by atoms with Crippen LogP contribution in [0.15, 0.2) is 60.7 Å². The molecule has 0 N–H and O–H groups in total. The van der Waals surface area contributed by atoms with Crippen LogP contribution >= 0.6 is 0 Å². The van der Waals surface area contributed by atoms with Gasteiger partial charge in [-0.25, -0.2) is 0 Å². The molecular weight excluding hydrogens is 779 g/mol. The molecule has 0 saturated carbocycles. The summed E-state index contributed by atoms with van der Waals surface area (Å²) in [7, 11) is 0. The molecule has 0 heterocycles. The SMILES string of the molecule is Cc1cc2c(cc1C)[CH]([Hf][CH]1C(c3cc(C(C)(C)C)cc(C(C)(C)C)c3)=Cc3cc(C)c(C)cc31)C(c1cc(C(C)(C)C)cc(C(C)(C)C)c1)=C2. The summed E-state index contributed by atoms with van der Waals surface area (Å²) in [6.07, 6.45) is 5.18. The first-order chi connectivity index (χ1) is 23.4. The molecule has 0 radical (unpaired) electrons. The molecule has 0 fully saturated rings. The molecule has 0 saturated heterocycles. The monoisotopic (exact) mass is 842 g/mol. The van der Waals surface area contributed by atoms with Gasteiger partial charge in [0.25, 0.3) is 0 Å². The minimum absolute atomic E-state index is 0.0746. The fraction of sp³-hybridized carbons (Fsp3) is 0.440. The summed E-state index contributed by atoms with van der Waals surface area (Å²) in [5.41, 5.74) is 23.7. The molecule has 4 aromatic carbocycles. The average Bonchev–Trinajstić information content (AvgIpc) is 3.53. The Kier molecular flexibility index (Phi) is 9.65. The molecule has 1 heteroatoms. The van der Waals surface area contributed by atoms with E-state index in [2.05, 4.69) is 184 Å². The summed E-state index contributed by atoms with van der Waals surface area (Å²) >= 11 is -1.56. The number of aryl methyl sites for hydroxylation is 4. The van der Waals surface area contributed by atoms with E-state index in [1.807, 2.05) is 0 Å². The van der Waals surface area contributed by atoms with Crippen LogP contribution in [0.2, 0.25) is 0 Å².